The Labute approximate surface area is 102 Å². The maximum Gasteiger partial charge on any atom is 0.0186 e. The van der Waals surface area contributed by atoms with Crippen LogP contribution in [0.5, 0.6) is 0 Å². The number of rotatable bonds is 5. The van der Waals surface area contributed by atoms with Gasteiger partial charge in [0.25, 0.3) is 0 Å². The molecule has 0 saturated carbocycles. The molecular formula is C14H21Br. The smallest absolute Gasteiger partial charge is 0.0186 e. The molecule has 0 bridgehead atoms. The van der Waals surface area contributed by atoms with Crippen molar-refractivity contribution in [1.82, 2.24) is 0 Å². The van der Waals surface area contributed by atoms with E-state index in [0.29, 0.717) is 4.83 Å². The lowest BCUT2D eigenvalue weighted by Gasteiger charge is -2.13. The monoisotopic (exact) mass is 268 g/mol. The zero-order valence-corrected chi connectivity index (χ0v) is 11.5. The van der Waals surface area contributed by atoms with Crippen LogP contribution >= 0.6 is 15.9 Å². The van der Waals surface area contributed by atoms with E-state index in [0.717, 1.165) is 12.3 Å². The predicted octanol–water partition coefficient (Wildman–Crippen LogP) is 4.74. The molecule has 0 spiro atoms. The van der Waals surface area contributed by atoms with Crippen molar-refractivity contribution in [2.24, 2.45) is 5.92 Å². The highest BCUT2D eigenvalue weighted by Crippen LogP contribution is 2.19. The molecule has 1 aromatic carbocycles. The van der Waals surface area contributed by atoms with Crippen molar-refractivity contribution < 1.29 is 0 Å². The number of hydrogen-bond acceptors (Lipinski definition) is 0. The predicted molar refractivity (Wildman–Crippen MR) is 71.7 cm³/mol. The van der Waals surface area contributed by atoms with Crippen molar-refractivity contribution in [1.29, 1.82) is 0 Å². The lowest BCUT2D eigenvalue weighted by molar-refractivity contribution is 0.547. The molecule has 0 aliphatic rings. The third kappa shape index (κ3) is 4.83. The summed E-state index contributed by atoms with van der Waals surface area (Å²) in [6.07, 6.45) is 3.73. The molecule has 0 fully saturated rings. The lowest BCUT2D eigenvalue weighted by atomic mass is 10.00. The van der Waals surface area contributed by atoms with Gasteiger partial charge in [-0.05, 0) is 43.2 Å². The third-order valence-corrected chi connectivity index (χ3v) is 3.54. The van der Waals surface area contributed by atoms with Crippen LogP contribution < -0.4 is 0 Å². The molecule has 1 aromatic rings. The summed E-state index contributed by atoms with van der Waals surface area (Å²) in [5, 5.41) is 0. The second-order valence-corrected chi connectivity index (χ2v) is 5.99. The lowest BCUT2D eigenvalue weighted by Crippen LogP contribution is -2.05. The zero-order valence-electron chi connectivity index (χ0n) is 9.96. The molecule has 1 atom stereocenters. The highest BCUT2D eigenvalue weighted by Gasteiger charge is 2.07. The van der Waals surface area contributed by atoms with Gasteiger partial charge in [0.2, 0.25) is 0 Å². The van der Waals surface area contributed by atoms with Gasteiger partial charge in [-0.25, -0.2) is 0 Å². The highest BCUT2D eigenvalue weighted by atomic mass is 79.9. The van der Waals surface area contributed by atoms with Gasteiger partial charge < -0.3 is 0 Å². The van der Waals surface area contributed by atoms with Gasteiger partial charge in [0.1, 0.15) is 0 Å². The summed E-state index contributed by atoms with van der Waals surface area (Å²) in [7, 11) is 0. The maximum atomic E-state index is 3.78. The summed E-state index contributed by atoms with van der Waals surface area (Å²) in [5.41, 5.74) is 2.88. The summed E-state index contributed by atoms with van der Waals surface area (Å²) in [5.74, 6) is 0.807. The minimum absolute atomic E-state index is 0.626. The minimum atomic E-state index is 0.626. The van der Waals surface area contributed by atoms with E-state index in [9.17, 15) is 0 Å². The first-order valence-electron chi connectivity index (χ1n) is 5.78. The van der Waals surface area contributed by atoms with Crippen LogP contribution in [-0.2, 0) is 6.42 Å². The second kappa shape index (κ2) is 6.32. The Balaban J connectivity index is 2.44. The van der Waals surface area contributed by atoms with Crippen LogP contribution in [0.15, 0.2) is 24.3 Å². The molecule has 15 heavy (non-hydrogen) atoms. The summed E-state index contributed by atoms with van der Waals surface area (Å²) in [6.45, 7) is 6.76. The van der Waals surface area contributed by atoms with Gasteiger partial charge in [-0.15, -0.1) is 0 Å². The molecule has 0 saturated heterocycles. The fraction of sp³-hybridized carbons (Fsp3) is 0.571. The molecule has 0 radical (unpaired) electrons. The van der Waals surface area contributed by atoms with Gasteiger partial charge in [-0.2, -0.15) is 0 Å². The van der Waals surface area contributed by atoms with Crippen molar-refractivity contribution in [3.8, 4) is 0 Å². The van der Waals surface area contributed by atoms with Crippen molar-refractivity contribution in [3.05, 3.63) is 35.4 Å². The minimum Gasteiger partial charge on any atom is -0.0887 e. The van der Waals surface area contributed by atoms with Crippen LogP contribution in [-0.4, -0.2) is 4.83 Å². The molecule has 0 N–H and O–H groups in total. The van der Waals surface area contributed by atoms with Crippen molar-refractivity contribution in [2.75, 3.05) is 0 Å². The Kier molecular flexibility index (Phi) is 5.38. The average molecular weight is 269 g/mol. The van der Waals surface area contributed by atoms with Crippen molar-refractivity contribution in [2.45, 2.75) is 44.9 Å². The van der Waals surface area contributed by atoms with E-state index < -0.39 is 0 Å². The number of hydrogen-bond donors (Lipinski definition) is 0. The van der Waals surface area contributed by atoms with Crippen LogP contribution in [0.3, 0.4) is 0 Å². The van der Waals surface area contributed by atoms with Crippen LogP contribution in [0.2, 0.25) is 0 Å². The molecule has 0 amide bonds. The summed E-state index contributed by atoms with van der Waals surface area (Å²) in [4.78, 5) is 0.626. The van der Waals surface area contributed by atoms with Gasteiger partial charge in [0.05, 0.1) is 0 Å². The van der Waals surface area contributed by atoms with E-state index in [2.05, 4.69) is 61.0 Å². The number of alkyl halides is 1. The summed E-state index contributed by atoms with van der Waals surface area (Å²) in [6, 6.07) is 8.66. The Morgan fingerprint density at radius 3 is 2.40 bits per heavy atom. The largest absolute Gasteiger partial charge is 0.0887 e. The number of benzene rings is 1. The van der Waals surface area contributed by atoms with E-state index in [1.807, 2.05) is 0 Å². The van der Waals surface area contributed by atoms with E-state index in [1.54, 1.807) is 0 Å². The second-order valence-electron chi connectivity index (χ2n) is 4.70. The molecule has 84 valence electrons. The molecule has 1 unspecified atom stereocenters. The average Bonchev–Trinajstić information content (AvgIpc) is 2.18. The maximum absolute atomic E-state index is 3.78. The summed E-state index contributed by atoms with van der Waals surface area (Å²) >= 11 is 3.78. The van der Waals surface area contributed by atoms with E-state index in [-0.39, 0.29) is 0 Å². The van der Waals surface area contributed by atoms with Gasteiger partial charge in [0, 0.05) is 4.83 Å². The Bertz CT molecular complexity index is 291. The molecule has 1 heteroatoms. The van der Waals surface area contributed by atoms with Crippen LogP contribution in [0.25, 0.3) is 0 Å². The van der Waals surface area contributed by atoms with Crippen molar-refractivity contribution >= 4 is 15.9 Å². The molecule has 0 aliphatic heterocycles. The fourth-order valence-electron chi connectivity index (χ4n) is 1.69. The standard InChI is InChI=1S/C14H21Br/c1-11(2)8-9-14(15)10-13-7-5-4-6-12(13)3/h4-7,11,14H,8-10H2,1-3H3. The Morgan fingerprint density at radius 2 is 1.80 bits per heavy atom. The fourth-order valence-corrected chi connectivity index (χ4v) is 2.31. The first kappa shape index (κ1) is 12.8. The third-order valence-electron chi connectivity index (χ3n) is 2.76. The van der Waals surface area contributed by atoms with Gasteiger partial charge in [0.15, 0.2) is 0 Å². The highest BCUT2D eigenvalue weighted by molar-refractivity contribution is 9.09. The molecule has 0 aromatic heterocycles. The SMILES string of the molecule is Cc1ccccc1CC(Br)CCC(C)C. The molecule has 0 heterocycles. The van der Waals surface area contributed by atoms with Crippen molar-refractivity contribution in [3.63, 3.8) is 0 Å². The number of halogens is 1. The van der Waals surface area contributed by atoms with Gasteiger partial charge in [-0.3, -0.25) is 0 Å². The number of aryl methyl sites for hydroxylation is 1. The van der Waals surface area contributed by atoms with Gasteiger partial charge >= 0.3 is 0 Å². The zero-order chi connectivity index (χ0) is 11.3. The van der Waals surface area contributed by atoms with Gasteiger partial charge in [-0.1, -0.05) is 54.0 Å². The van der Waals surface area contributed by atoms with Crippen LogP contribution in [0.4, 0.5) is 0 Å². The first-order valence-corrected chi connectivity index (χ1v) is 6.69. The Morgan fingerprint density at radius 1 is 1.13 bits per heavy atom. The van der Waals surface area contributed by atoms with Crippen LogP contribution in [0, 0.1) is 12.8 Å². The van der Waals surface area contributed by atoms with E-state index >= 15 is 0 Å². The van der Waals surface area contributed by atoms with Crippen LogP contribution in [0.1, 0.15) is 37.8 Å². The normalized spacial score (nSPS) is 13.1. The molecular weight excluding hydrogens is 248 g/mol. The quantitative estimate of drug-likeness (QED) is 0.677. The first-order chi connectivity index (χ1) is 7.09. The molecule has 0 aliphatic carbocycles. The topological polar surface area (TPSA) is 0 Å². The van der Waals surface area contributed by atoms with E-state index in [4.69, 9.17) is 0 Å². The summed E-state index contributed by atoms with van der Waals surface area (Å²) < 4.78 is 0. The Hall–Kier alpha value is -0.300. The molecule has 0 nitrogen and oxygen atoms in total. The molecule has 1 rings (SSSR count). The van der Waals surface area contributed by atoms with E-state index in [1.165, 1.54) is 24.0 Å².